The zero-order valence-electron chi connectivity index (χ0n) is 10.7. The van der Waals surface area contributed by atoms with E-state index < -0.39 is 0 Å². The van der Waals surface area contributed by atoms with Gasteiger partial charge in [-0.15, -0.1) is 0 Å². The lowest BCUT2D eigenvalue weighted by Gasteiger charge is -2.09. The van der Waals surface area contributed by atoms with Crippen molar-refractivity contribution in [2.45, 2.75) is 38.4 Å². The van der Waals surface area contributed by atoms with Crippen LogP contribution in [-0.4, -0.2) is 17.0 Å². The highest BCUT2D eigenvalue weighted by molar-refractivity contribution is 8.15. The molecule has 1 aliphatic heterocycles. The minimum absolute atomic E-state index is 0.590. The molecule has 0 bridgehead atoms. The van der Waals surface area contributed by atoms with E-state index in [2.05, 4.69) is 55.3 Å². The van der Waals surface area contributed by atoms with Gasteiger partial charge >= 0.3 is 0 Å². The Hall–Kier alpha value is -0.960. The topological polar surface area (TPSA) is 24.4 Å². The summed E-state index contributed by atoms with van der Waals surface area (Å²) in [4.78, 5) is 4.51. The fourth-order valence-electron chi connectivity index (χ4n) is 1.77. The summed E-state index contributed by atoms with van der Waals surface area (Å²) in [7, 11) is 0. The zero-order chi connectivity index (χ0) is 12.3. The second kappa shape index (κ2) is 5.58. The van der Waals surface area contributed by atoms with Crippen LogP contribution in [0.5, 0.6) is 0 Å². The van der Waals surface area contributed by atoms with Crippen LogP contribution in [0.15, 0.2) is 29.3 Å². The van der Waals surface area contributed by atoms with Gasteiger partial charge in [0, 0.05) is 10.9 Å². The van der Waals surface area contributed by atoms with Crippen molar-refractivity contribution in [3.8, 4) is 0 Å². The lowest BCUT2D eigenvalue weighted by molar-refractivity contribution is 0.843. The van der Waals surface area contributed by atoms with Gasteiger partial charge in [0.25, 0.3) is 0 Å². The van der Waals surface area contributed by atoms with Gasteiger partial charge in [0.05, 0.1) is 6.54 Å². The predicted molar refractivity (Wildman–Crippen MR) is 78.1 cm³/mol. The quantitative estimate of drug-likeness (QED) is 0.870. The first-order valence-electron chi connectivity index (χ1n) is 6.27. The first-order chi connectivity index (χ1) is 8.19. The molecule has 1 aromatic rings. The summed E-state index contributed by atoms with van der Waals surface area (Å²) in [6.45, 7) is 7.59. The van der Waals surface area contributed by atoms with Crippen molar-refractivity contribution in [2.24, 2.45) is 4.99 Å². The van der Waals surface area contributed by atoms with E-state index in [-0.39, 0.29) is 0 Å². The van der Waals surface area contributed by atoms with Gasteiger partial charge in [-0.05, 0) is 30.0 Å². The SMILES string of the molecule is CCC1CN=C(Nc2ccc(C(C)C)cc2)S1. The highest BCUT2D eigenvalue weighted by Crippen LogP contribution is 2.25. The molecule has 2 rings (SSSR count). The average Bonchev–Trinajstić information content (AvgIpc) is 2.77. The number of aliphatic imine (C=N–C) groups is 1. The number of amidine groups is 1. The van der Waals surface area contributed by atoms with E-state index in [4.69, 9.17) is 0 Å². The first kappa shape index (κ1) is 12.5. The van der Waals surface area contributed by atoms with Gasteiger partial charge in [0.1, 0.15) is 0 Å². The summed E-state index contributed by atoms with van der Waals surface area (Å²) >= 11 is 1.85. The highest BCUT2D eigenvalue weighted by atomic mass is 32.2. The number of hydrogen-bond donors (Lipinski definition) is 1. The Morgan fingerprint density at radius 3 is 2.59 bits per heavy atom. The fraction of sp³-hybridized carbons (Fsp3) is 0.500. The largest absolute Gasteiger partial charge is 0.335 e. The van der Waals surface area contributed by atoms with E-state index in [0.717, 1.165) is 17.4 Å². The van der Waals surface area contributed by atoms with Gasteiger partial charge in [0.2, 0.25) is 0 Å². The second-order valence-corrected chi connectivity index (χ2v) is 5.98. The van der Waals surface area contributed by atoms with Crippen LogP contribution in [-0.2, 0) is 0 Å². The molecule has 0 spiro atoms. The zero-order valence-corrected chi connectivity index (χ0v) is 11.6. The molecule has 1 aliphatic rings. The summed E-state index contributed by atoms with van der Waals surface area (Å²) in [5, 5.41) is 5.11. The maximum Gasteiger partial charge on any atom is 0.161 e. The Bertz CT molecular complexity index is 395. The second-order valence-electron chi connectivity index (χ2n) is 4.70. The number of nitrogens with zero attached hydrogens (tertiary/aromatic N) is 1. The molecule has 1 aromatic carbocycles. The summed E-state index contributed by atoms with van der Waals surface area (Å²) in [5.74, 6) is 0.590. The summed E-state index contributed by atoms with van der Waals surface area (Å²) in [6.07, 6.45) is 1.19. The Kier molecular flexibility index (Phi) is 4.11. The minimum atomic E-state index is 0.590. The lowest BCUT2D eigenvalue weighted by Crippen LogP contribution is -2.06. The molecule has 2 nitrogen and oxygen atoms in total. The van der Waals surface area contributed by atoms with Crippen LogP contribution in [0.2, 0.25) is 0 Å². The van der Waals surface area contributed by atoms with Gasteiger partial charge in [-0.25, -0.2) is 0 Å². The summed E-state index contributed by atoms with van der Waals surface area (Å²) in [6, 6.07) is 8.64. The third kappa shape index (κ3) is 3.25. The summed E-state index contributed by atoms with van der Waals surface area (Å²) in [5.41, 5.74) is 2.51. The minimum Gasteiger partial charge on any atom is -0.335 e. The number of hydrogen-bond acceptors (Lipinski definition) is 3. The highest BCUT2D eigenvalue weighted by Gasteiger charge is 2.17. The van der Waals surface area contributed by atoms with Gasteiger partial charge in [-0.2, -0.15) is 0 Å². The van der Waals surface area contributed by atoms with Gasteiger partial charge in [-0.3, -0.25) is 4.99 Å². The van der Waals surface area contributed by atoms with E-state index in [1.807, 2.05) is 11.8 Å². The normalized spacial score (nSPS) is 19.5. The molecule has 0 saturated heterocycles. The van der Waals surface area contributed by atoms with Crippen molar-refractivity contribution in [1.29, 1.82) is 0 Å². The van der Waals surface area contributed by atoms with Gasteiger partial charge in [-0.1, -0.05) is 44.7 Å². The molecule has 1 heterocycles. The summed E-state index contributed by atoms with van der Waals surface area (Å²) < 4.78 is 0. The van der Waals surface area contributed by atoms with Crippen LogP contribution in [0.25, 0.3) is 0 Å². The van der Waals surface area contributed by atoms with Gasteiger partial charge < -0.3 is 5.32 Å². The first-order valence-corrected chi connectivity index (χ1v) is 7.15. The maximum atomic E-state index is 4.51. The monoisotopic (exact) mass is 248 g/mol. The van der Waals surface area contributed by atoms with Crippen LogP contribution < -0.4 is 5.32 Å². The van der Waals surface area contributed by atoms with Crippen molar-refractivity contribution in [3.05, 3.63) is 29.8 Å². The van der Waals surface area contributed by atoms with Crippen LogP contribution >= 0.6 is 11.8 Å². The smallest absolute Gasteiger partial charge is 0.161 e. The standard InChI is InChI=1S/C14H20N2S/c1-4-13-9-15-14(17-13)16-12-7-5-11(6-8-12)10(2)3/h5-8,10,13H,4,9H2,1-3H3,(H,15,16). The van der Waals surface area contributed by atoms with Crippen molar-refractivity contribution in [1.82, 2.24) is 0 Å². The van der Waals surface area contributed by atoms with E-state index >= 15 is 0 Å². The van der Waals surface area contributed by atoms with E-state index in [9.17, 15) is 0 Å². The van der Waals surface area contributed by atoms with Crippen LogP contribution in [0, 0.1) is 0 Å². The number of anilines is 1. The third-order valence-corrected chi connectivity index (χ3v) is 4.27. The number of nitrogens with one attached hydrogen (secondary N) is 1. The molecule has 1 N–H and O–H groups in total. The Labute approximate surface area is 108 Å². The fourth-order valence-corrected chi connectivity index (χ4v) is 2.73. The molecule has 1 unspecified atom stereocenters. The van der Waals surface area contributed by atoms with Gasteiger partial charge in [0.15, 0.2) is 5.17 Å². The van der Waals surface area contributed by atoms with Crippen molar-refractivity contribution < 1.29 is 0 Å². The molecule has 1 atom stereocenters. The van der Waals surface area contributed by atoms with Crippen LogP contribution in [0.1, 0.15) is 38.7 Å². The Balaban J connectivity index is 1.96. The Morgan fingerprint density at radius 1 is 1.35 bits per heavy atom. The molecular formula is C14H20N2S. The van der Waals surface area contributed by atoms with Crippen molar-refractivity contribution in [2.75, 3.05) is 11.9 Å². The van der Waals surface area contributed by atoms with E-state index in [1.165, 1.54) is 12.0 Å². The van der Waals surface area contributed by atoms with Crippen LogP contribution in [0.3, 0.4) is 0 Å². The van der Waals surface area contributed by atoms with Crippen molar-refractivity contribution in [3.63, 3.8) is 0 Å². The Morgan fingerprint density at radius 2 is 2.06 bits per heavy atom. The van der Waals surface area contributed by atoms with E-state index in [0.29, 0.717) is 11.2 Å². The molecule has 0 saturated carbocycles. The molecule has 0 radical (unpaired) electrons. The third-order valence-electron chi connectivity index (χ3n) is 3.00. The number of thioether (sulfide) groups is 1. The predicted octanol–water partition coefficient (Wildman–Crippen LogP) is 4.10. The lowest BCUT2D eigenvalue weighted by atomic mass is 10.0. The molecule has 92 valence electrons. The molecule has 3 heteroatoms. The number of rotatable bonds is 3. The molecule has 0 aliphatic carbocycles. The number of benzene rings is 1. The van der Waals surface area contributed by atoms with Crippen molar-refractivity contribution >= 4 is 22.6 Å². The maximum absolute atomic E-state index is 4.51. The molecule has 0 amide bonds. The molecule has 17 heavy (non-hydrogen) atoms. The van der Waals surface area contributed by atoms with E-state index in [1.54, 1.807) is 0 Å². The molecule has 0 fully saturated rings. The molecular weight excluding hydrogens is 228 g/mol. The average molecular weight is 248 g/mol. The molecule has 0 aromatic heterocycles. The van der Waals surface area contributed by atoms with Crippen LogP contribution in [0.4, 0.5) is 5.69 Å².